The number of nitrogens with two attached hydrogens (primary N) is 1. The highest BCUT2D eigenvalue weighted by Crippen LogP contribution is 2.27. The molecule has 1 amide bonds. The normalized spacial score (nSPS) is 13.2. The van der Waals surface area contributed by atoms with Gasteiger partial charge in [0.15, 0.2) is 5.96 Å². The van der Waals surface area contributed by atoms with Crippen molar-refractivity contribution in [1.82, 2.24) is 5.32 Å². The van der Waals surface area contributed by atoms with E-state index in [-0.39, 0.29) is 17.8 Å². The lowest BCUT2D eigenvalue weighted by Gasteiger charge is -2.16. The van der Waals surface area contributed by atoms with Gasteiger partial charge in [0, 0.05) is 11.6 Å². The smallest absolute Gasteiger partial charge is 0.233 e. The Morgan fingerprint density at radius 1 is 1.56 bits per heavy atom. The van der Waals surface area contributed by atoms with Gasteiger partial charge in [-0.05, 0) is 38.0 Å². The van der Waals surface area contributed by atoms with Gasteiger partial charge in [-0.25, -0.2) is 0 Å². The first-order chi connectivity index (χ1) is 8.47. The molecule has 0 fully saturated rings. The number of hydrogen-bond donors (Lipinski definition) is 2. The lowest BCUT2D eigenvalue weighted by Crippen LogP contribution is -2.39. The minimum Gasteiger partial charge on any atom is -0.370 e. The van der Waals surface area contributed by atoms with Gasteiger partial charge in [-0.1, -0.05) is 23.7 Å². The lowest BCUT2D eigenvalue weighted by molar-refractivity contribution is -0.120. The largest absolute Gasteiger partial charge is 0.370 e. The van der Waals surface area contributed by atoms with Crippen molar-refractivity contribution in [3.8, 4) is 0 Å². The maximum absolute atomic E-state index is 12.0. The Bertz CT molecular complexity index is 451. The molecule has 1 atom stereocenters. The highest BCUT2D eigenvalue weighted by atomic mass is 35.5. The summed E-state index contributed by atoms with van der Waals surface area (Å²) in [4.78, 5) is 15.9. The molecular weight excluding hydrogens is 250 g/mol. The standard InChI is InChI=1S/C13H18ClN3O/c1-4-16-13(15)17-12(18)9(3)11-8(2)6-5-7-10(11)14/h5-7,9H,4H2,1-3H3,(H3,15,16,17,18). The van der Waals surface area contributed by atoms with Crippen molar-refractivity contribution >= 4 is 23.5 Å². The Labute approximate surface area is 112 Å². The highest BCUT2D eigenvalue weighted by Gasteiger charge is 2.20. The average Bonchev–Trinajstić information content (AvgIpc) is 2.28. The zero-order valence-electron chi connectivity index (χ0n) is 10.8. The molecule has 1 aromatic carbocycles. The van der Waals surface area contributed by atoms with Crippen molar-refractivity contribution in [3.05, 3.63) is 34.3 Å². The second-order valence-electron chi connectivity index (χ2n) is 4.04. The fraction of sp³-hybridized carbons (Fsp3) is 0.385. The Balaban J connectivity index is 2.90. The van der Waals surface area contributed by atoms with Crippen LogP contribution in [0.1, 0.15) is 30.9 Å². The quantitative estimate of drug-likeness (QED) is 0.651. The molecule has 1 unspecified atom stereocenters. The number of nitrogens with zero attached hydrogens (tertiary/aromatic N) is 1. The number of rotatable bonds is 3. The van der Waals surface area contributed by atoms with Crippen molar-refractivity contribution < 1.29 is 4.79 Å². The van der Waals surface area contributed by atoms with E-state index in [1.165, 1.54) is 0 Å². The van der Waals surface area contributed by atoms with E-state index in [0.29, 0.717) is 11.6 Å². The number of aryl methyl sites for hydroxylation is 1. The molecule has 0 saturated heterocycles. The summed E-state index contributed by atoms with van der Waals surface area (Å²) in [6, 6.07) is 5.56. The van der Waals surface area contributed by atoms with Crippen LogP contribution >= 0.6 is 11.6 Å². The number of amides is 1. The first kappa shape index (κ1) is 14.5. The van der Waals surface area contributed by atoms with Crippen LogP contribution in [0, 0.1) is 6.92 Å². The van der Waals surface area contributed by atoms with Gasteiger partial charge in [0.25, 0.3) is 0 Å². The van der Waals surface area contributed by atoms with Crippen molar-refractivity contribution in [2.45, 2.75) is 26.7 Å². The summed E-state index contributed by atoms with van der Waals surface area (Å²) in [6.07, 6.45) is 0. The molecule has 0 bridgehead atoms. The number of benzene rings is 1. The van der Waals surface area contributed by atoms with Gasteiger partial charge in [0.2, 0.25) is 5.91 Å². The van der Waals surface area contributed by atoms with Crippen LogP contribution in [0.15, 0.2) is 23.2 Å². The number of nitrogens with one attached hydrogen (secondary N) is 1. The molecule has 0 spiro atoms. The van der Waals surface area contributed by atoms with Crippen LogP contribution in [-0.2, 0) is 4.79 Å². The van der Waals surface area contributed by atoms with E-state index in [0.717, 1.165) is 11.1 Å². The van der Waals surface area contributed by atoms with Crippen LogP contribution in [0.5, 0.6) is 0 Å². The van der Waals surface area contributed by atoms with Crippen LogP contribution < -0.4 is 11.1 Å². The van der Waals surface area contributed by atoms with Crippen LogP contribution in [0.25, 0.3) is 0 Å². The predicted octanol–water partition coefficient (Wildman–Crippen LogP) is 2.20. The molecule has 1 rings (SSSR count). The predicted molar refractivity (Wildman–Crippen MR) is 74.9 cm³/mol. The maximum Gasteiger partial charge on any atom is 0.233 e. The highest BCUT2D eigenvalue weighted by molar-refractivity contribution is 6.31. The number of guanidine groups is 1. The van der Waals surface area contributed by atoms with Crippen molar-refractivity contribution in [3.63, 3.8) is 0 Å². The summed E-state index contributed by atoms with van der Waals surface area (Å²) in [5.41, 5.74) is 7.37. The molecule has 0 aromatic heterocycles. The van der Waals surface area contributed by atoms with E-state index < -0.39 is 0 Å². The molecular formula is C13H18ClN3O. The zero-order chi connectivity index (χ0) is 13.7. The SMILES string of the molecule is CCN=C(N)NC(=O)C(C)c1c(C)cccc1Cl. The second-order valence-corrected chi connectivity index (χ2v) is 4.45. The molecule has 98 valence electrons. The summed E-state index contributed by atoms with van der Waals surface area (Å²) in [5.74, 6) is -0.440. The molecule has 0 aliphatic rings. The lowest BCUT2D eigenvalue weighted by atomic mass is 9.95. The van der Waals surface area contributed by atoms with E-state index in [1.54, 1.807) is 13.0 Å². The second kappa shape index (κ2) is 6.40. The number of carbonyl (C=O) groups excluding carboxylic acids is 1. The molecule has 0 radical (unpaired) electrons. The minimum atomic E-state index is -0.371. The van der Waals surface area contributed by atoms with Crippen molar-refractivity contribution in [2.24, 2.45) is 10.7 Å². The average molecular weight is 268 g/mol. The van der Waals surface area contributed by atoms with E-state index in [1.807, 2.05) is 26.0 Å². The molecule has 18 heavy (non-hydrogen) atoms. The molecule has 4 nitrogen and oxygen atoms in total. The maximum atomic E-state index is 12.0. The summed E-state index contributed by atoms with van der Waals surface area (Å²) in [6.45, 7) is 6.10. The number of carbonyl (C=O) groups is 1. The third-order valence-corrected chi connectivity index (χ3v) is 3.01. The molecule has 3 N–H and O–H groups in total. The summed E-state index contributed by atoms with van der Waals surface area (Å²) >= 11 is 6.12. The van der Waals surface area contributed by atoms with E-state index in [4.69, 9.17) is 17.3 Å². The molecule has 0 saturated carbocycles. The van der Waals surface area contributed by atoms with Gasteiger partial charge in [0.1, 0.15) is 0 Å². The first-order valence-electron chi connectivity index (χ1n) is 5.83. The fourth-order valence-electron chi connectivity index (χ4n) is 1.77. The summed E-state index contributed by atoms with van der Waals surface area (Å²) < 4.78 is 0. The molecule has 0 aliphatic heterocycles. The topological polar surface area (TPSA) is 67.5 Å². The Morgan fingerprint density at radius 2 is 2.22 bits per heavy atom. The molecule has 0 heterocycles. The van der Waals surface area contributed by atoms with Gasteiger partial charge < -0.3 is 5.73 Å². The minimum absolute atomic E-state index is 0.138. The monoisotopic (exact) mass is 267 g/mol. The number of aliphatic imine (C=N–C) groups is 1. The zero-order valence-corrected chi connectivity index (χ0v) is 11.6. The Morgan fingerprint density at radius 3 is 2.78 bits per heavy atom. The molecule has 5 heteroatoms. The van der Waals surface area contributed by atoms with Crippen molar-refractivity contribution in [1.29, 1.82) is 0 Å². The van der Waals surface area contributed by atoms with Crippen LogP contribution in [0.4, 0.5) is 0 Å². The third-order valence-electron chi connectivity index (χ3n) is 2.68. The van der Waals surface area contributed by atoms with Crippen molar-refractivity contribution in [2.75, 3.05) is 6.54 Å². The van der Waals surface area contributed by atoms with Crippen LogP contribution in [0.2, 0.25) is 5.02 Å². The van der Waals surface area contributed by atoms with Gasteiger partial charge in [-0.3, -0.25) is 15.1 Å². The van der Waals surface area contributed by atoms with Crippen LogP contribution in [0.3, 0.4) is 0 Å². The van der Waals surface area contributed by atoms with Crippen LogP contribution in [-0.4, -0.2) is 18.4 Å². The Kier molecular flexibility index (Phi) is 5.16. The molecule has 1 aromatic rings. The van der Waals surface area contributed by atoms with Gasteiger partial charge in [-0.2, -0.15) is 0 Å². The van der Waals surface area contributed by atoms with E-state index >= 15 is 0 Å². The van der Waals surface area contributed by atoms with Gasteiger partial charge >= 0.3 is 0 Å². The molecule has 0 aliphatic carbocycles. The summed E-state index contributed by atoms with van der Waals surface area (Å²) in [7, 11) is 0. The third kappa shape index (κ3) is 3.47. The first-order valence-corrected chi connectivity index (χ1v) is 6.21. The Hall–Kier alpha value is -1.55. The van der Waals surface area contributed by atoms with Gasteiger partial charge in [0.05, 0.1) is 5.92 Å². The number of halogens is 1. The number of hydrogen-bond acceptors (Lipinski definition) is 2. The van der Waals surface area contributed by atoms with E-state index in [9.17, 15) is 4.79 Å². The van der Waals surface area contributed by atoms with Gasteiger partial charge in [-0.15, -0.1) is 0 Å². The van der Waals surface area contributed by atoms with E-state index in [2.05, 4.69) is 10.3 Å². The summed E-state index contributed by atoms with van der Waals surface area (Å²) in [5, 5.41) is 3.15. The fourth-order valence-corrected chi connectivity index (χ4v) is 2.15.